The van der Waals surface area contributed by atoms with Crippen molar-refractivity contribution >= 4 is 0 Å². The van der Waals surface area contributed by atoms with Crippen LogP contribution in [0.3, 0.4) is 0 Å². The second kappa shape index (κ2) is 5.27. The molecule has 4 nitrogen and oxygen atoms in total. The first-order valence-electron chi connectivity index (χ1n) is 4.50. The van der Waals surface area contributed by atoms with Crippen LogP contribution in [0, 0.1) is 0 Å². The summed E-state index contributed by atoms with van der Waals surface area (Å²) < 4.78 is 0. The van der Waals surface area contributed by atoms with E-state index in [1.165, 1.54) is 0 Å². The molecule has 1 rings (SSSR count). The first-order chi connectivity index (χ1) is 6.74. The van der Waals surface area contributed by atoms with Crippen LogP contribution in [0.1, 0.15) is 12.5 Å². The molecule has 0 aliphatic carbocycles. The molecule has 0 radical (unpaired) electrons. The van der Waals surface area contributed by atoms with E-state index < -0.39 is 6.10 Å². The molecular formula is C10H13N3O. The smallest absolute Gasteiger partial charge is 0.0671 e. The van der Waals surface area contributed by atoms with Gasteiger partial charge in [0.25, 0.3) is 0 Å². The van der Waals surface area contributed by atoms with Gasteiger partial charge in [-0.15, -0.1) is 0 Å². The van der Waals surface area contributed by atoms with Crippen LogP contribution in [-0.4, -0.2) is 17.3 Å². The SMILES string of the molecule is C[C@@H](O)[C@H](Cc1ccccc1)N=[N+]=[N-]. The van der Waals surface area contributed by atoms with Gasteiger partial charge in [0.05, 0.1) is 12.1 Å². The first kappa shape index (κ1) is 10.6. The Hall–Kier alpha value is -1.51. The number of rotatable bonds is 4. The van der Waals surface area contributed by atoms with Gasteiger partial charge in [0.2, 0.25) is 0 Å². The largest absolute Gasteiger partial charge is 0.393 e. The lowest BCUT2D eigenvalue weighted by atomic mass is 10.0. The number of benzene rings is 1. The fourth-order valence-corrected chi connectivity index (χ4v) is 1.23. The van der Waals surface area contributed by atoms with Crippen LogP contribution in [0.4, 0.5) is 0 Å². The second-order valence-electron chi connectivity index (χ2n) is 3.20. The maximum absolute atomic E-state index is 9.34. The van der Waals surface area contributed by atoms with E-state index in [2.05, 4.69) is 10.0 Å². The van der Waals surface area contributed by atoms with Crippen molar-refractivity contribution in [2.75, 3.05) is 0 Å². The first-order valence-corrected chi connectivity index (χ1v) is 4.50. The molecule has 0 heterocycles. The summed E-state index contributed by atoms with van der Waals surface area (Å²) in [7, 11) is 0. The summed E-state index contributed by atoms with van der Waals surface area (Å²) in [4.78, 5) is 2.72. The molecule has 0 aromatic heterocycles. The van der Waals surface area contributed by atoms with Crippen LogP contribution in [-0.2, 0) is 6.42 Å². The van der Waals surface area contributed by atoms with Crippen LogP contribution < -0.4 is 0 Å². The Labute approximate surface area is 82.8 Å². The van der Waals surface area contributed by atoms with Crippen molar-refractivity contribution in [3.8, 4) is 0 Å². The number of nitrogens with zero attached hydrogens (tertiary/aromatic N) is 3. The van der Waals surface area contributed by atoms with Crippen LogP contribution in [0.2, 0.25) is 0 Å². The van der Waals surface area contributed by atoms with E-state index in [4.69, 9.17) is 5.53 Å². The van der Waals surface area contributed by atoms with Gasteiger partial charge in [-0.2, -0.15) is 0 Å². The van der Waals surface area contributed by atoms with Crippen LogP contribution in [0.25, 0.3) is 10.4 Å². The third kappa shape index (κ3) is 3.09. The lowest BCUT2D eigenvalue weighted by Crippen LogP contribution is -2.22. The van der Waals surface area contributed by atoms with Crippen molar-refractivity contribution in [1.82, 2.24) is 0 Å². The normalized spacial score (nSPS) is 14.1. The zero-order valence-electron chi connectivity index (χ0n) is 8.04. The number of aliphatic hydroxyl groups excluding tert-OH is 1. The molecule has 14 heavy (non-hydrogen) atoms. The van der Waals surface area contributed by atoms with E-state index in [0.29, 0.717) is 6.42 Å². The van der Waals surface area contributed by atoms with E-state index in [-0.39, 0.29) is 6.04 Å². The van der Waals surface area contributed by atoms with Crippen molar-refractivity contribution in [1.29, 1.82) is 0 Å². The van der Waals surface area contributed by atoms with Gasteiger partial charge in [-0.05, 0) is 24.4 Å². The minimum atomic E-state index is -0.619. The van der Waals surface area contributed by atoms with Gasteiger partial charge in [-0.3, -0.25) is 0 Å². The molecule has 0 spiro atoms. The van der Waals surface area contributed by atoms with Gasteiger partial charge < -0.3 is 5.11 Å². The fourth-order valence-electron chi connectivity index (χ4n) is 1.23. The molecule has 2 atom stereocenters. The Morgan fingerprint density at radius 3 is 2.57 bits per heavy atom. The van der Waals surface area contributed by atoms with E-state index in [0.717, 1.165) is 5.56 Å². The highest BCUT2D eigenvalue weighted by Crippen LogP contribution is 2.09. The molecule has 0 fully saturated rings. The molecule has 74 valence electrons. The standard InChI is InChI=1S/C10H13N3O/c1-8(14)10(12-13-11)7-9-5-3-2-4-6-9/h2-6,8,10,14H,7H2,1H3/t8-,10+/m1/s1. The maximum atomic E-state index is 9.34. The number of hydrogen-bond donors (Lipinski definition) is 1. The van der Waals surface area contributed by atoms with Gasteiger partial charge in [-0.25, -0.2) is 0 Å². The molecule has 4 heteroatoms. The Morgan fingerprint density at radius 1 is 1.43 bits per heavy atom. The molecule has 1 aromatic rings. The summed E-state index contributed by atoms with van der Waals surface area (Å²) in [6, 6.07) is 9.27. The molecule has 0 saturated carbocycles. The molecule has 0 saturated heterocycles. The molecule has 0 unspecified atom stereocenters. The van der Waals surface area contributed by atoms with Gasteiger partial charge in [0.15, 0.2) is 0 Å². The number of aliphatic hydroxyl groups is 1. The molecule has 0 aliphatic heterocycles. The Bertz CT molecular complexity index is 317. The predicted octanol–water partition coefficient (Wildman–Crippen LogP) is 2.29. The van der Waals surface area contributed by atoms with Crippen LogP contribution in [0.15, 0.2) is 35.4 Å². The quantitative estimate of drug-likeness (QED) is 0.442. The molecule has 1 N–H and O–H groups in total. The minimum absolute atomic E-state index is 0.387. The summed E-state index contributed by atoms with van der Waals surface area (Å²) >= 11 is 0. The Morgan fingerprint density at radius 2 is 2.07 bits per heavy atom. The van der Waals surface area contributed by atoms with E-state index >= 15 is 0 Å². The summed E-state index contributed by atoms with van der Waals surface area (Å²) in [5.41, 5.74) is 9.37. The zero-order chi connectivity index (χ0) is 10.4. The van der Waals surface area contributed by atoms with Crippen molar-refractivity contribution < 1.29 is 5.11 Å². The minimum Gasteiger partial charge on any atom is -0.393 e. The monoisotopic (exact) mass is 191 g/mol. The Kier molecular flexibility index (Phi) is 3.98. The number of hydrogen-bond acceptors (Lipinski definition) is 2. The predicted molar refractivity (Wildman–Crippen MR) is 54.8 cm³/mol. The van der Waals surface area contributed by atoms with Gasteiger partial charge >= 0.3 is 0 Å². The molecule has 0 aliphatic rings. The average Bonchev–Trinajstić information content (AvgIpc) is 2.18. The molecule has 0 bridgehead atoms. The van der Waals surface area contributed by atoms with Gasteiger partial charge in [0.1, 0.15) is 0 Å². The van der Waals surface area contributed by atoms with E-state index in [1.54, 1.807) is 6.92 Å². The highest BCUT2D eigenvalue weighted by atomic mass is 16.3. The molecule has 0 amide bonds. The summed E-state index contributed by atoms with van der Waals surface area (Å²) in [6.45, 7) is 1.63. The summed E-state index contributed by atoms with van der Waals surface area (Å²) in [5.74, 6) is 0. The van der Waals surface area contributed by atoms with Gasteiger partial charge in [-0.1, -0.05) is 35.4 Å². The van der Waals surface area contributed by atoms with Crippen LogP contribution in [0.5, 0.6) is 0 Å². The van der Waals surface area contributed by atoms with Crippen molar-refractivity contribution in [2.24, 2.45) is 5.11 Å². The van der Waals surface area contributed by atoms with Crippen molar-refractivity contribution in [3.63, 3.8) is 0 Å². The molecular weight excluding hydrogens is 178 g/mol. The van der Waals surface area contributed by atoms with Crippen molar-refractivity contribution in [3.05, 3.63) is 46.3 Å². The van der Waals surface area contributed by atoms with Crippen LogP contribution >= 0.6 is 0 Å². The third-order valence-electron chi connectivity index (χ3n) is 2.04. The average molecular weight is 191 g/mol. The second-order valence-corrected chi connectivity index (χ2v) is 3.20. The lowest BCUT2D eigenvalue weighted by molar-refractivity contribution is 0.163. The van der Waals surface area contributed by atoms with E-state index in [1.807, 2.05) is 30.3 Å². The third-order valence-corrected chi connectivity index (χ3v) is 2.04. The fraction of sp³-hybridized carbons (Fsp3) is 0.400. The topological polar surface area (TPSA) is 69.0 Å². The van der Waals surface area contributed by atoms with Gasteiger partial charge in [0, 0.05) is 4.91 Å². The van der Waals surface area contributed by atoms with E-state index in [9.17, 15) is 5.11 Å². The summed E-state index contributed by atoms with van der Waals surface area (Å²) in [6.07, 6.45) is -0.0474. The molecule has 1 aromatic carbocycles. The zero-order valence-corrected chi connectivity index (χ0v) is 8.04. The number of azide groups is 1. The lowest BCUT2D eigenvalue weighted by Gasteiger charge is -2.13. The highest BCUT2D eigenvalue weighted by Gasteiger charge is 2.12. The maximum Gasteiger partial charge on any atom is 0.0671 e. The Balaban J connectivity index is 2.70. The highest BCUT2D eigenvalue weighted by molar-refractivity contribution is 5.16. The van der Waals surface area contributed by atoms with Crippen molar-refractivity contribution in [2.45, 2.75) is 25.5 Å². The summed E-state index contributed by atoms with van der Waals surface area (Å²) in [5, 5.41) is 12.9.